The van der Waals surface area contributed by atoms with Gasteiger partial charge in [0.05, 0.1) is 14.2 Å². The van der Waals surface area contributed by atoms with E-state index in [0.717, 1.165) is 0 Å². The number of nitrogen functional groups attached to an aromatic ring is 1. The standard InChI is InChI=1S/C12H14N4O3/c1-18-8-4-3-7(5-9(8)19-2)14-12-15-10(13)6-11(17)16-12/h3-6H,1-2H3,(H4,13,14,15,16,17). The van der Waals surface area contributed by atoms with E-state index in [1.54, 1.807) is 32.4 Å². The molecule has 0 aliphatic carbocycles. The Kier molecular flexibility index (Phi) is 3.56. The Morgan fingerprint density at radius 3 is 2.58 bits per heavy atom. The maximum absolute atomic E-state index is 11.3. The van der Waals surface area contributed by atoms with E-state index in [-0.39, 0.29) is 17.3 Å². The third-order valence-corrected chi connectivity index (χ3v) is 2.41. The van der Waals surface area contributed by atoms with Crippen LogP contribution in [-0.2, 0) is 0 Å². The Hall–Kier alpha value is -2.70. The van der Waals surface area contributed by atoms with Crippen LogP contribution in [-0.4, -0.2) is 24.2 Å². The maximum Gasteiger partial charge on any atom is 0.254 e. The van der Waals surface area contributed by atoms with Crippen LogP contribution in [0.1, 0.15) is 0 Å². The molecule has 2 aromatic rings. The van der Waals surface area contributed by atoms with Crippen LogP contribution in [0.4, 0.5) is 17.5 Å². The summed E-state index contributed by atoms with van der Waals surface area (Å²) in [5.74, 6) is 1.59. The Morgan fingerprint density at radius 2 is 1.95 bits per heavy atom. The predicted octanol–water partition coefficient (Wildman–Crippen LogP) is 1.11. The smallest absolute Gasteiger partial charge is 0.254 e. The monoisotopic (exact) mass is 262 g/mol. The average Bonchev–Trinajstić information content (AvgIpc) is 2.37. The fourth-order valence-electron chi connectivity index (χ4n) is 1.59. The number of aromatic amines is 1. The molecule has 0 fully saturated rings. The normalized spacial score (nSPS) is 10.0. The number of ether oxygens (including phenoxy) is 2. The lowest BCUT2D eigenvalue weighted by Gasteiger charge is -2.10. The number of anilines is 3. The quantitative estimate of drug-likeness (QED) is 0.763. The van der Waals surface area contributed by atoms with Crippen molar-refractivity contribution in [3.05, 3.63) is 34.6 Å². The van der Waals surface area contributed by atoms with Crippen LogP contribution in [0, 0.1) is 0 Å². The van der Waals surface area contributed by atoms with E-state index < -0.39 is 0 Å². The molecule has 4 N–H and O–H groups in total. The molecule has 7 nitrogen and oxygen atoms in total. The number of nitrogens with two attached hydrogens (primary N) is 1. The van der Waals surface area contributed by atoms with Crippen molar-refractivity contribution in [3.8, 4) is 11.5 Å². The molecule has 0 aliphatic rings. The highest BCUT2D eigenvalue weighted by Crippen LogP contribution is 2.30. The molecule has 1 aromatic carbocycles. The van der Waals surface area contributed by atoms with Crippen molar-refractivity contribution in [1.82, 2.24) is 9.97 Å². The number of hydrogen-bond acceptors (Lipinski definition) is 6. The van der Waals surface area contributed by atoms with Crippen molar-refractivity contribution in [2.45, 2.75) is 0 Å². The van der Waals surface area contributed by atoms with Gasteiger partial charge in [0, 0.05) is 17.8 Å². The van der Waals surface area contributed by atoms with E-state index in [0.29, 0.717) is 17.2 Å². The summed E-state index contributed by atoms with van der Waals surface area (Å²) in [7, 11) is 3.10. The number of benzene rings is 1. The molecule has 1 heterocycles. The van der Waals surface area contributed by atoms with Gasteiger partial charge in [0.15, 0.2) is 11.5 Å². The summed E-state index contributed by atoms with van der Waals surface area (Å²) in [5.41, 5.74) is 5.86. The van der Waals surface area contributed by atoms with Gasteiger partial charge in [-0.2, -0.15) is 4.98 Å². The van der Waals surface area contributed by atoms with E-state index >= 15 is 0 Å². The topological polar surface area (TPSA) is 102 Å². The minimum Gasteiger partial charge on any atom is -0.493 e. The van der Waals surface area contributed by atoms with Gasteiger partial charge in [-0.05, 0) is 12.1 Å². The third-order valence-electron chi connectivity index (χ3n) is 2.41. The number of hydrogen-bond donors (Lipinski definition) is 3. The Balaban J connectivity index is 2.30. The molecular weight excluding hydrogens is 248 g/mol. The first-order valence-corrected chi connectivity index (χ1v) is 5.48. The van der Waals surface area contributed by atoms with Gasteiger partial charge in [0.1, 0.15) is 5.82 Å². The molecule has 0 amide bonds. The number of nitrogens with zero attached hydrogens (tertiary/aromatic N) is 1. The fraction of sp³-hybridized carbons (Fsp3) is 0.167. The summed E-state index contributed by atoms with van der Waals surface area (Å²) in [4.78, 5) is 17.8. The van der Waals surface area contributed by atoms with Crippen LogP contribution < -0.4 is 26.1 Å². The van der Waals surface area contributed by atoms with E-state index in [4.69, 9.17) is 15.2 Å². The number of nitrogens with one attached hydrogen (secondary N) is 2. The molecule has 0 radical (unpaired) electrons. The number of aromatic nitrogens is 2. The van der Waals surface area contributed by atoms with Crippen LogP contribution in [0.2, 0.25) is 0 Å². The first kappa shape index (κ1) is 12.7. The van der Waals surface area contributed by atoms with Crippen LogP contribution in [0.3, 0.4) is 0 Å². The first-order chi connectivity index (χ1) is 9.12. The minimum atomic E-state index is -0.324. The second kappa shape index (κ2) is 5.30. The zero-order valence-electron chi connectivity index (χ0n) is 10.6. The van der Waals surface area contributed by atoms with Gasteiger partial charge in [-0.15, -0.1) is 0 Å². The van der Waals surface area contributed by atoms with E-state index in [1.807, 2.05) is 0 Å². The number of rotatable bonds is 4. The highest BCUT2D eigenvalue weighted by atomic mass is 16.5. The van der Waals surface area contributed by atoms with Gasteiger partial charge in [0.25, 0.3) is 5.56 Å². The Labute approximate surface area is 109 Å². The van der Waals surface area contributed by atoms with Crippen LogP contribution in [0.15, 0.2) is 29.1 Å². The van der Waals surface area contributed by atoms with Crippen molar-refractivity contribution in [2.24, 2.45) is 0 Å². The maximum atomic E-state index is 11.3. The summed E-state index contributed by atoms with van der Waals surface area (Å²) < 4.78 is 10.3. The summed E-state index contributed by atoms with van der Waals surface area (Å²) in [6.45, 7) is 0. The average molecular weight is 262 g/mol. The molecule has 100 valence electrons. The SMILES string of the molecule is COc1ccc(Nc2nc(N)cc(=O)[nH]2)cc1OC. The molecule has 0 saturated heterocycles. The largest absolute Gasteiger partial charge is 0.493 e. The molecule has 7 heteroatoms. The number of H-pyrrole nitrogens is 1. The molecule has 0 aliphatic heterocycles. The van der Waals surface area contributed by atoms with Crippen molar-refractivity contribution in [3.63, 3.8) is 0 Å². The van der Waals surface area contributed by atoms with Crippen LogP contribution >= 0.6 is 0 Å². The summed E-state index contributed by atoms with van der Waals surface area (Å²) in [6.07, 6.45) is 0. The van der Waals surface area contributed by atoms with Crippen molar-refractivity contribution in [2.75, 3.05) is 25.3 Å². The van der Waals surface area contributed by atoms with E-state index in [2.05, 4.69) is 15.3 Å². The molecule has 0 atom stereocenters. The lowest BCUT2D eigenvalue weighted by molar-refractivity contribution is 0.355. The second-order valence-corrected chi connectivity index (χ2v) is 3.71. The second-order valence-electron chi connectivity index (χ2n) is 3.71. The van der Waals surface area contributed by atoms with Gasteiger partial charge in [-0.25, -0.2) is 0 Å². The molecule has 19 heavy (non-hydrogen) atoms. The number of methoxy groups -OCH3 is 2. The fourth-order valence-corrected chi connectivity index (χ4v) is 1.59. The molecule has 2 rings (SSSR count). The van der Waals surface area contributed by atoms with Crippen molar-refractivity contribution < 1.29 is 9.47 Å². The van der Waals surface area contributed by atoms with Gasteiger partial charge in [-0.3, -0.25) is 9.78 Å². The summed E-state index contributed by atoms with van der Waals surface area (Å²) in [5, 5.41) is 2.93. The Bertz CT molecular complexity index is 639. The van der Waals surface area contributed by atoms with E-state index in [9.17, 15) is 4.79 Å². The van der Waals surface area contributed by atoms with E-state index in [1.165, 1.54) is 6.07 Å². The minimum absolute atomic E-state index is 0.145. The highest BCUT2D eigenvalue weighted by Gasteiger charge is 2.05. The van der Waals surface area contributed by atoms with Gasteiger partial charge in [-0.1, -0.05) is 0 Å². The van der Waals surface area contributed by atoms with Gasteiger partial charge < -0.3 is 20.5 Å². The lowest BCUT2D eigenvalue weighted by Crippen LogP contribution is -2.11. The molecule has 0 unspecified atom stereocenters. The van der Waals surface area contributed by atoms with Crippen LogP contribution in [0.25, 0.3) is 0 Å². The van der Waals surface area contributed by atoms with Gasteiger partial charge >= 0.3 is 0 Å². The zero-order valence-corrected chi connectivity index (χ0v) is 10.6. The van der Waals surface area contributed by atoms with Crippen molar-refractivity contribution in [1.29, 1.82) is 0 Å². The molecular formula is C12H14N4O3. The molecule has 0 saturated carbocycles. The molecule has 1 aromatic heterocycles. The summed E-state index contributed by atoms with van der Waals surface area (Å²) in [6, 6.07) is 6.44. The molecule has 0 bridgehead atoms. The predicted molar refractivity (Wildman–Crippen MR) is 72.1 cm³/mol. The van der Waals surface area contributed by atoms with Crippen LogP contribution in [0.5, 0.6) is 11.5 Å². The van der Waals surface area contributed by atoms with Gasteiger partial charge in [0.2, 0.25) is 5.95 Å². The summed E-state index contributed by atoms with van der Waals surface area (Å²) >= 11 is 0. The zero-order chi connectivity index (χ0) is 13.8. The van der Waals surface area contributed by atoms with Crippen molar-refractivity contribution >= 4 is 17.5 Å². The first-order valence-electron chi connectivity index (χ1n) is 5.48. The highest BCUT2D eigenvalue weighted by molar-refractivity contribution is 5.60. The Morgan fingerprint density at radius 1 is 1.21 bits per heavy atom. The third kappa shape index (κ3) is 2.95. The lowest BCUT2D eigenvalue weighted by atomic mass is 10.3. The molecule has 0 spiro atoms.